The van der Waals surface area contributed by atoms with E-state index < -0.39 is 0 Å². The fraction of sp³-hybridized carbons (Fsp3) is 0.360. The number of aryl methyl sites for hydroxylation is 3. The number of rotatable bonds is 6. The van der Waals surface area contributed by atoms with Gasteiger partial charge in [-0.15, -0.1) is 0 Å². The Kier molecular flexibility index (Phi) is 6.90. The molecule has 0 amide bonds. The molecule has 0 saturated carbocycles. The highest BCUT2D eigenvalue weighted by Crippen LogP contribution is 2.32. The topological polar surface area (TPSA) is 35.2 Å². The lowest BCUT2D eigenvalue weighted by molar-refractivity contribution is 0.410. The normalized spacial score (nSPS) is 14.3. The molecule has 0 aromatic heterocycles. The number of nitrogens with two attached hydrogens (primary N) is 1. The molecule has 0 fully saturated rings. The van der Waals surface area contributed by atoms with Crippen molar-refractivity contribution in [2.75, 3.05) is 12.8 Å². The standard InChI is InChI=1S/C25H31NOS/c1-17(12-23-13-18(2)24(26)15-25(23)27-4)16-28-19(3)21-11-10-20-8-6-5-7-9-22(20)14-21/h10-11,13-16H,3,5-9,12,26H2,1-2,4H3/b17-16+. The first-order chi connectivity index (χ1) is 13.5. The lowest BCUT2D eigenvalue weighted by Crippen LogP contribution is -1.98. The van der Waals surface area contributed by atoms with Gasteiger partial charge in [-0.2, -0.15) is 0 Å². The van der Waals surface area contributed by atoms with Crippen molar-refractivity contribution in [2.45, 2.75) is 52.4 Å². The summed E-state index contributed by atoms with van der Waals surface area (Å²) >= 11 is 1.71. The van der Waals surface area contributed by atoms with E-state index in [4.69, 9.17) is 10.5 Å². The first-order valence-electron chi connectivity index (χ1n) is 10.0. The molecule has 3 heteroatoms. The Morgan fingerprint density at radius 3 is 2.64 bits per heavy atom. The van der Waals surface area contributed by atoms with Gasteiger partial charge in [0.05, 0.1) is 7.11 Å². The molecular weight excluding hydrogens is 362 g/mol. The van der Waals surface area contributed by atoms with Crippen molar-refractivity contribution in [3.05, 3.63) is 75.7 Å². The molecule has 0 aliphatic heterocycles. The van der Waals surface area contributed by atoms with Crippen molar-refractivity contribution in [1.82, 2.24) is 0 Å². The smallest absolute Gasteiger partial charge is 0.124 e. The zero-order valence-corrected chi connectivity index (χ0v) is 18.1. The predicted octanol–water partition coefficient (Wildman–Crippen LogP) is 6.71. The number of allylic oxidation sites excluding steroid dienone is 1. The summed E-state index contributed by atoms with van der Waals surface area (Å²) in [5.41, 5.74) is 14.6. The van der Waals surface area contributed by atoms with Crippen LogP contribution in [0.4, 0.5) is 5.69 Å². The average Bonchev–Trinajstić information content (AvgIpc) is 2.93. The summed E-state index contributed by atoms with van der Waals surface area (Å²) in [5, 5.41) is 2.21. The second-order valence-electron chi connectivity index (χ2n) is 7.75. The van der Waals surface area contributed by atoms with Crippen LogP contribution in [-0.2, 0) is 19.3 Å². The van der Waals surface area contributed by atoms with Crippen molar-refractivity contribution in [3.63, 3.8) is 0 Å². The number of hydrogen-bond acceptors (Lipinski definition) is 3. The molecule has 1 aliphatic carbocycles. The van der Waals surface area contributed by atoms with Crippen molar-refractivity contribution in [2.24, 2.45) is 0 Å². The maximum absolute atomic E-state index is 6.01. The molecule has 2 nitrogen and oxygen atoms in total. The van der Waals surface area contributed by atoms with Gasteiger partial charge in [-0.3, -0.25) is 0 Å². The second kappa shape index (κ2) is 9.38. The van der Waals surface area contributed by atoms with Crippen LogP contribution in [0.15, 0.2) is 47.9 Å². The Morgan fingerprint density at radius 1 is 1.14 bits per heavy atom. The van der Waals surface area contributed by atoms with E-state index in [1.807, 2.05) is 13.0 Å². The Balaban J connectivity index is 1.69. The number of nitrogen functional groups attached to an aromatic ring is 1. The van der Waals surface area contributed by atoms with E-state index in [0.717, 1.165) is 28.3 Å². The third-order valence-electron chi connectivity index (χ3n) is 5.46. The fourth-order valence-corrected chi connectivity index (χ4v) is 4.45. The van der Waals surface area contributed by atoms with Crippen molar-refractivity contribution in [3.8, 4) is 5.75 Å². The predicted molar refractivity (Wildman–Crippen MR) is 124 cm³/mol. The Labute approximate surface area is 173 Å². The van der Waals surface area contributed by atoms with E-state index in [1.54, 1.807) is 18.9 Å². The molecule has 28 heavy (non-hydrogen) atoms. The van der Waals surface area contributed by atoms with Crippen molar-refractivity contribution >= 4 is 22.4 Å². The lowest BCUT2D eigenvalue weighted by atomic mass is 10.00. The number of benzene rings is 2. The SMILES string of the molecule is C=C(S/C=C(\C)Cc1cc(C)c(N)cc1OC)c1ccc2c(c1)CCCCC2. The summed E-state index contributed by atoms with van der Waals surface area (Å²) in [5.74, 6) is 0.852. The minimum Gasteiger partial charge on any atom is -0.496 e. The summed E-state index contributed by atoms with van der Waals surface area (Å²) < 4.78 is 5.51. The summed E-state index contributed by atoms with van der Waals surface area (Å²) in [7, 11) is 1.70. The number of methoxy groups -OCH3 is 1. The molecule has 0 atom stereocenters. The summed E-state index contributed by atoms with van der Waals surface area (Å²) in [6.07, 6.45) is 7.23. The summed E-state index contributed by atoms with van der Waals surface area (Å²) in [6.45, 7) is 8.50. The maximum Gasteiger partial charge on any atom is 0.124 e. The van der Waals surface area contributed by atoms with Gasteiger partial charge in [-0.25, -0.2) is 0 Å². The van der Waals surface area contributed by atoms with Gasteiger partial charge in [0.25, 0.3) is 0 Å². The fourth-order valence-electron chi connectivity index (χ4n) is 3.76. The van der Waals surface area contributed by atoms with Gasteiger partial charge in [-0.1, -0.05) is 54.6 Å². The lowest BCUT2D eigenvalue weighted by Gasteiger charge is -2.12. The molecule has 0 spiro atoms. The first kappa shape index (κ1) is 20.6. The Morgan fingerprint density at radius 2 is 1.89 bits per heavy atom. The van der Waals surface area contributed by atoms with Gasteiger partial charge in [-0.05, 0) is 79.2 Å². The molecule has 0 radical (unpaired) electrons. The molecule has 2 aromatic carbocycles. The van der Waals surface area contributed by atoms with Crippen LogP contribution in [0.2, 0.25) is 0 Å². The van der Waals surface area contributed by atoms with Crippen LogP contribution >= 0.6 is 11.8 Å². The van der Waals surface area contributed by atoms with Crippen LogP contribution in [0.5, 0.6) is 5.75 Å². The molecule has 0 bridgehead atoms. The number of thioether (sulfide) groups is 1. The maximum atomic E-state index is 6.01. The molecule has 3 rings (SSSR count). The number of fused-ring (bicyclic) bond motifs is 1. The van der Waals surface area contributed by atoms with E-state index in [1.165, 1.54) is 59.9 Å². The van der Waals surface area contributed by atoms with Gasteiger partial charge in [0.1, 0.15) is 5.75 Å². The largest absolute Gasteiger partial charge is 0.496 e. The minimum absolute atomic E-state index is 0.771. The second-order valence-corrected chi connectivity index (χ2v) is 8.71. The average molecular weight is 394 g/mol. The van der Waals surface area contributed by atoms with Crippen LogP contribution in [0, 0.1) is 6.92 Å². The van der Waals surface area contributed by atoms with Crippen molar-refractivity contribution < 1.29 is 4.74 Å². The van der Waals surface area contributed by atoms with Crippen LogP contribution in [0.25, 0.3) is 4.91 Å². The van der Waals surface area contributed by atoms with Gasteiger partial charge < -0.3 is 10.5 Å². The molecule has 0 unspecified atom stereocenters. The zero-order valence-electron chi connectivity index (χ0n) is 17.3. The highest BCUT2D eigenvalue weighted by atomic mass is 32.2. The molecule has 1 aliphatic rings. The van der Waals surface area contributed by atoms with E-state index in [2.05, 4.69) is 43.2 Å². The molecule has 0 saturated heterocycles. The van der Waals surface area contributed by atoms with Crippen LogP contribution < -0.4 is 10.5 Å². The number of hydrogen-bond donors (Lipinski definition) is 1. The Hall–Kier alpha value is -2.13. The van der Waals surface area contributed by atoms with Crippen LogP contribution in [0.3, 0.4) is 0 Å². The summed E-state index contributed by atoms with van der Waals surface area (Å²) in [6, 6.07) is 10.9. The molecule has 148 valence electrons. The third-order valence-corrected chi connectivity index (χ3v) is 6.50. The van der Waals surface area contributed by atoms with Gasteiger partial charge in [0.15, 0.2) is 0 Å². The van der Waals surface area contributed by atoms with Crippen LogP contribution in [-0.4, -0.2) is 7.11 Å². The van der Waals surface area contributed by atoms with Gasteiger partial charge in [0.2, 0.25) is 0 Å². The van der Waals surface area contributed by atoms with E-state index in [9.17, 15) is 0 Å². The van der Waals surface area contributed by atoms with E-state index in [0.29, 0.717) is 0 Å². The molecule has 2 aromatic rings. The first-order valence-corrected chi connectivity index (χ1v) is 10.9. The monoisotopic (exact) mass is 393 g/mol. The highest BCUT2D eigenvalue weighted by Gasteiger charge is 2.10. The zero-order chi connectivity index (χ0) is 20.1. The molecule has 0 heterocycles. The summed E-state index contributed by atoms with van der Waals surface area (Å²) in [4.78, 5) is 1.10. The number of ether oxygens (including phenoxy) is 1. The number of anilines is 1. The van der Waals surface area contributed by atoms with E-state index >= 15 is 0 Å². The molecular formula is C25H31NOS. The van der Waals surface area contributed by atoms with Gasteiger partial charge in [0, 0.05) is 16.7 Å². The Bertz CT molecular complexity index is 898. The quantitative estimate of drug-likeness (QED) is 0.438. The highest BCUT2D eigenvalue weighted by molar-refractivity contribution is 8.10. The minimum atomic E-state index is 0.771. The third kappa shape index (κ3) is 5.02. The van der Waals surface area contributed by atoms with Crippen LogP contribution in [0.1, 0.15) is 54.0 Å². The van der Waals surface area contributed by atoms with Gasteiger partial charge >= 0.3 is 0 Å². The molecule has 2 N–H and O–H groups in total. The van der Waals surface area contributed by atoms with Crippen molar-refractivity contribution in [1.29, 1.82) is 0 Å². The van der Waals surface area contributed by atoms with E-state index in [-0.39, 0.29) is 0 Å².